The number of hydrogen-bond donors (Lipinski definition) is 7. The van der Waals surface area contributed by atoms with E-state index in [2.05, 4.69) is 25.2 Å². The Balaban J connectivity index is 0.943. The summed E-state index contributed by atoms with van der Waals surface area (Å²) in [5.74, 6) is -5.33. The highest BCUT2D eigenvalue weighted by atomic mass is 16.8. The third kappa shape index (κ3) is 13.7. The van der Waals surface area contributed by atoms with Crippen molar-refractivity contribution in [3.63, 3.8) is 0 Å². The van der Waals surface area contributed by atoms with Crippen molar-refractivity contribution in [1.82, 2.24) is 5.32 Å². The lowest BCUT2D eigenvalue weighted by Crippen LogP contribution is -2.65. The maximum atomic E-state index is 15.7. The van der Waals surface area contributed by atoms with Crippen LogP contribution in [0.2, 0.25) is 0 Å². The zero-order valence-electron chi connectivity index (χ0n) is 55.9. The first-order valence-electron chi connectivity index (χ1n) is 33.2. The average molecular weight is 1320 g/mol. The number of alkyl carbamates (subject to hydrolysis) is 1. The van der Waals surface area contributed by atoms with Gasteiger partial charge in [-0.1, -0.05) is 63.6 Å². The van der Waals surface area contributed by atoms with Gasteiger partial charge in [-0.05, 0) is 96.1 Å². The van der Waals surface area contributed by atoms with Gasteiger partial charge in [0.2, 0.25) is 11.3 Å². The molecule has 26 heteroatoms. The molecule has 0 aromatic heterocycles. The predicted molar refractivity (Wildman–Crippen MR) is 327 cm³/mol. The normalized spacial score (nSPS) is 49.1. The van der Waals surface area contributed by atoms with Gasteiger partial charge >= 0.3 is 12.1 Å². The fourth-order valence-corrected chi connectivity index (χ4v) is 17.2. The third-order valence-electron chi connectivity index (χ3n) is 22.3. The summed E-state index contributed by atoms with van der Waals surface area (Å²) < 4.78 is 82.0. The molecular formula is C67H100N2O24. The van der Waals surface area contributed by atoms with Gasteiger partial charge in [-0.2, -0.15) is 0 Å². The average Bonchev–Trinajstić information content (AvgIpc) is 1.70. The lowest BCUT2D eigenvalue weighted by Gasteiger charge is -2.56. The van der Waals surface area contributed by atoms with E-state index >= 15 is 4.79 Å². The Hall–Kier alpha value is -4.33. The number of carbonyl (C=O) groups excluding carboxylic acids is 3. The van der Waals surface area contributed by atoms with Crippen molar-refractivity contribution in [2.24, 2.45) is 46.8 Å². The van der Waals surface area contributed by atoms with Crippen molar-refractivity contribution >= 4 is 17.8 Å². The topological polar surface area (TPSA) is 348 Å². The van der Waals surface area contributed by atoms with Crippen molar-refractivity contribution < 1.29 is 112 Å². The largest absolute Gasteiger partial charge is 0.511 e. The molecule has 1 saturated carbocycles. The minimum absolute atomic E-state index is 0.00999. The standard InChI is InChI=1S/C67H100N2O24/c1-29-15-18-45(88-52-27-65(11,69(79)80)60(38(10)87-52)68-64(78)82-14)30(2)20-40-21-39(28-70)33(5)26-67(40)62(76)53(63(77)93-67)61(75)66(12)42(29)17-16-41-54(66)31(3)19-32(4)57(41)91-51-24-46(56(74)35(7)84-51)89-50-25-47(90-48-22-43(71)55(73)34(6)83-48)59(37(9)86-50)92-49-23-44(72)58(81-13)36(8)85-49/h15-17,20-21,31-38,40-52,54-60,70-75H,18-19,22-28H2,1-14H3,(H,68,78)/b29-15-,30-20-,61-53?. The van der Waals surface area contributed by atoms with Gasteiger partial charge in [0.05, 0.1) is 87.3 Å². The molecule has 6 saturated heterocycles. The van der Waals surface area contributed by atoms with E-state index in [1.165, 1.54) is 14.0 Å². The molecule has 93 heavy (non-hydrogen) atoms. The summed E-state index contributed by atoms with van der Waals surface area (Å²) in [6.07, 6.45) is -8.05. The fourth-order valence-electron chi connectivity index (χ4n) is 17.2. The SMILES string of the molecule is COC(=O)NC1C(C)OC(OC2C/C=C(/C)C3C=CC4C(OC5CC(OC6CC(OC7CC(O)C(O)C(C)O7)C(OC7CC(O)C(OC)C(C)O7)C(C)O6)C(O)C(C)O5)C(C)CC(C)C4C3(C)C(O)=C3C(=O)OC4(CC(C)C(CO)=CC4/C=C\2C)C3=O)CC1(C)[N+](=O)[O-]. The Kier molecular flexibility index (Phi) is 21.7. The number of nitro groups is 1. The summed E-state index contributed by atoms with van der Waals surface area (Å²) in [5.41, 5.74) is -3.49. The van der Waals surface area contributed by atoms with Crippen LogP contribution in [0.3, 0.4) is 0 Å². The highest BCUT2D eigenvalue weighted by Crippen LogP contribution is 2.61. The second-order valence-electron chi connectivity index (χ2n) is 28.6. The Morgan fingerprint density at radius 2 is 1.28 bits per heavy atom. The molecule has 26 nitrogen and oxygen atoms in total. The van der Waals surface area contributed by atoms with Gasteiger partial charge in [0.25, 0.3) is 0 Å². The van der Waals surface area contributed by atoms with E-state index in [1.807, 2.05) is 32.9 Å². The number of fused-ring (bicyclic) bond motifs is 4. The molecule has 7 N–H and O–H groups in total. The number of rotatable bonds is 14. The molecule has 4 aliphatic carbocycles. The summed E-state index contributed by atoms with van der Waals surface area (Å²) in [6, 6.07) is -1.09. The number of Topliss-reactive ketones (excluding diaryl/α,β-unsaturated/α-hetero) is 1. The first kappa shape index (κ1) is 71.4. The number of aliphatic hydroxyl groups is 6. The van der Waals surface area contributed by atoms with Crippen molar-refractivity contribution in [1.29, 1.82) is 0 Å². The summed E-state index contributed by atoms with van der Waals surface area (Å²) in [5, 5.41) is 83.6. The van der Waals surface area contributed by atoms with Crippen LogP contribution < -0.4 is 5.32 Å². The van der Waals surface area contributed by atoms with E-state index in [0.717, 1.165) is 12.7 Å². The zero-order valence-corrected chi connectivity index (χ0v) is 55.9. The minimum atomic E-state index is -1.84. The number of hydrogen-bond acceptors (Lipinski definition) is 24. The highest BCUT2D eigenvalue weighted by Gasteiger charge is 2.64. The van der Waals surface area contributed by atoms with Crippen LogP contribution in [0.4, 0.5) is 4.79 Å². The second-order valence-corrected chi connectivity index (χ2v) is 28.6. The van der Waals surface area contributed by atoms with Crippen LogP contribution in [0.15, 0.2) is 58.4 Å². The van der Waals surface area contributed by atoms with Gasteiger partial charge in [0.1, 0.15) is 41.8 Å². The van der Waals surface area contributed by atoms with E-state index in [9.17, 15) is 50.3 Å². The van der Waals surface area contributed by atoms with E-state index in [0.29, 0.717) is 17.6 Å². The molecule has 7 fully saturated rings. The van der Waals surface area contributed by atoms with Crippen LogP contribution >= 0.6 is 0 Å². The molecule has 0 radical (unpaired) electrons. The Labute approximate surface area is 543 Å². The molecule has 0 aromatic carbocycles. The maximum absolute atomic E-state index is 15.7. The summed E-state index contributed by atoms with van der Waals surface area (Å²) in [6.45, 7) is 21.2. The summed E-state index contributed by atoms with van der Waals surface area (Å²) in [7, 11) is 2.66. The molecule has 10 rings (SSSR count). The number of carbonyl (C=O) groups is 3. The number of nitrogens with zero attached hydrogens (tertiary/aromatic N) is 1. The van der Waals surface area contributed by atoms with Crippen LogP contribution in [0.25, 0.3) is 0 Å². The van der Waals surface area contributed by atoms with Crippen molar-refractivity contribution in [2.75, 3.05) is 20.8 Å². The predicted octanol–water partition coefficient (Wildman–Crippen LogP) is 5.45. The molecule has 0 aromatic rings. The van der Waals surface area contributed by atoms with E-state index in [1.54, 1.807) is 53.7 Å². The third-order valence-corrected chi connectivity index (χ3v) is 22.3. The fraction of sp³-hybridized carbons (Fsp3) is 0.806. The molecule has 1 amide bonds. The molecule has 31 atom stereocenters. The van der Waals surface area contributed by atoms with E-state index in [-0.39, 0.29) is 63.4 Å². The molecule has 31 unspecified atom stereocenters. The van der Waals surface area contributed by atoms with Gasteiger partial charge in [-0.3, -0.25) is 14.9 Å². The van der Waals surface area contributed by atoms with E-state index < -0.39 is 209 Å². The van der Waals surface area contributed by atoms with Crippen LogP contribution in [0.5, 0.6) is 0 Å². The Morgan fingerprint density at radius 3 is 1.92 bits per heavy atom. The molecule has 10 aliphatic rings. The van der Waals surface area contributed by atoms with Crippen molar-refractivity contribution in [3.05, 3.63) is 68.5 Å². The first-order valence-corrected chi connectivity index (χ1v) is 33.2. The molecular weight excluding hydrogens is 1220 g/mol. The number of esters is 1. The van der Waals surface area contributed by atoms with Gasteiger partial charge in [0.15, 0.2) is 37.1 Å². The molecule has 1 spiro atoms. The summed E-state index contributed by atoms with van der Waals surface area (Å²) >= 11 is 0. The van der Waals surface area contributed by atoms with Gasteiger partial charge < -0.3 is 97.5 Å². The quantitative estimate of drug-likeness (QED) is 0.0373. The highest BCUT2D eigenvalue weighted by molar-refractivity contribution is 6.26. The molecule has 2 bridgehead atoms. The number of allylic oxidation sites excluding steroid dienone is 3. The first-order chi connectivity index (χ1) is 43.9. The minimum Gasteiger partial charge on any atom is -0.511 e. The van der Waals surface area contributed by atoms with Crippen LogP contribution in [0.1, 0.15) is 134 Å². The van der Waals surface area contributed by atoms with Crippen LogP contribution in [-0.2, 0) is 71.2 Å². The van der Waals surface area contributed by atoms with Crippen molar-refractivity contribution in [2.45, 2.75) is 275 Å². The zero-order chi connectivity index (χ0) is 67.7. The van der Waals surface area contributed by atoms with Crippen LogP contribution in [-0.4, -0.2) is 214 Å². The number of amides is 1. The van der Waals surface area contributed by atoms with Crippen LogP contribution in [0, 0.1) is 57.0 Å². The van der Waals surface area contributed by atoms with Gasteiger partial charge in [-0.15, -0.1) is 0 Å². The number of nitrogens with one attached hydrogen (secondary N) is 1. The smallest absolute Gasteiger partial charge is 0.407 e. The molecule has 522 valence electrons. The Bertz CT molecular complexity index is 2880. The monoisotopic (exact) mass is 1320 g/mol. The summed E-state index contributed by atoms with van der Waals surface area (Å²) in [4.78, 5) is 55.4. The number of aliphatic hydroxyl groups excluding tert-OH is 6. The second kappa shape index (κ2) is 28.3. The molecule has 6 aliphatic heterocycles. The number of ketones is 1. The Morgan fingerprint density at radius 1 is 0.688 bits per heavy atom. The number of ether oxygens (including phenoxy) is 13. The lowest BCUT2D eigenvalue weighted by molar-refractivity contribution is -0.584. The molecule has 6 heterocycles. The maximum Gasteiger partial charge on any atom is 0.407 e. The van der Waals surface area contributed by atoms with E-state index in [4.69, 9.17) is 61.6 Å². The van der Waals surface area contributed by atoms with Crippen molar-refractivity contribution in [3.8, 4) is 0 Å². The number of methoxy groups -OCH3 is 2. The lowest BCUT2D eigenvalue weighted by atomic mass is 9.49. The van der Waals surface area contributed by atoms with Gasteiger partial charge in [-0.25, -0.2) is 9.59 Å². The van der Waals surface area contributed by atoms with Gasteiger partial charge in [0, 0.05) is 74.2 Å².